The van der Waals surface area contributed by atoms with Crippen LogP contribution >= 0.6 is 0 Å². The number of hydrogen-bond donors (Lipinski definition) is 0. The first-order valence-corrected chi connectivity index (χ1v) is 13.8. The van der Waals surface area contributed by atoms with Gasteiger partial charge in [0.2, 0.25) is 0 Å². The van der Waals surface area contributed by atoms with Gasteiger partial charge in [-0.15, -0.1) is 0 Å². The summed E-state index contributed by atoms with van der Waals surface area (Å²) in [6.07, 6.45) is 19.3. The number of unbranched alkanes of at least 4 members (excludes halogenated alkanes) is 14. The Morgan fingerprint density at radius 3 is 1.33 bits per heavy atom. The van der Waals surface area contributed by atoms with Gasteiger partial charge in [-0.25, -0.2) is 0 Å². The standard InChI is InChI=1S/C28H54O5/c1-7-8-9-10-11-12-13-14-15-16-17-18-19-20-21-22-28(31-24(2)3,32-25(4)5)33-27(30)23-26(6)29/h24-25H,7-23H2,1-6H3. The van der Waals surface area contributed by atoms with Crippen molar-refractivity contribution in [1.29, 1.82) is 0 Å². The minimum atomic E-state index is -1.41. The molecule has 0 fully saturated rings. The van der Waals surface area contributed by atoms with Gasteiger partial charge in [0.25, 0.3) is 0 Å². The summed E-state index contributed by atoms with van der Waals surface area (Å²) in [5, 5.41) is 0. The normalized spacial score (nSPS) is 12.0. The highest BCUT2D eigenvalue weighted by atomic mass is 16.9. The second-order valence-corrected chi connectivity index (χ2v) is 10.1. The molecule has 0 saturated carbocycles. The molecular formula is C28H54O5. The van der Waals surface area contributed by atoms with Crippen LogP contribution in [-0.4, -0.2) is 29.9 Å². The topological polar surface area (TPSA) is 61.8 Å². The molecular weight excluding hydrogens is 416 g/mol. The maximum atomic E-state index is 12.2. The van der Waals surface area contributed by atoms with Crippen molar-refractivity contribution in [1.82, 2.24) is 0 Å². The maximum Gasteiger partial charge on any atom is 0.329 e. The van der Waals surface area contributed by atoms with Crippen molar-refractivity contribution in [3.8, 4) is 0 Å². The van der Waals surface area contributed by atoms with Crippen LogP contribution in [0.2, 0.25) is 0 Å². The zero-order chi connectivity index (χ0) is 25.0. The quantitative estimate of drug-likeness (QED) is 0.0650. The van der Waals surface area contributed by atoms with Crippen LogP contribution in [-0.2, 0) is 23.8 Å². The smallest absolute Gasteiger partial charge is 0.329 e. The molecule has 0 unspecified atom stereocenters. The lowest BCUT2D eigenvalue weighted by Crippen LogP contribution is -2.45. The van der Waals surface area contributed by atoms with Gasteiger partial charge in [-0.05, 0) is 41.0 Å². The SMILES string of the molecule is CCCCCCCCCCCCCCCCCC(OC(=O)CC(C)=O)(OC(C)C)OC(C)C. The molecule has 0 N–H and O–H groups in total. The highest BCUT2D eigenvalue weighted by Crippen LogP contribution is 2.28. The van der Waals surface area contributed by atoms with Gasteiger partial charge in [-0.3, -0.25) is 9.59 Å². The van der Waals surface area contributed by atoms with E-state index in [-0.39, 0.29) is 24.4 Å². The van der Waals surface area contributed by atoms with Gasteiger partial charge in [-0.1, -0.05) is 96.8 Å². The van der Waals surface area contributed by atoms with E-state index in [9.17, 15) is 9.59 Å². The highest BCUT2D eigenvalue weighted by molar-refractivity contribution is 5.94. The summed E-state index contributed by atoms with van der Waals surface area (Å²) < 4.78 is 17.5. The summed E-state index contributed by atoms with van der Waals surface area (Å²) >= 11 is 0. The van der Waals surface area contributed by atoms with Gasteiger partial charge in [0, 0.05) is 6.42 Å². The molecule has 0 aliphatic rings. The zero-order valence-corrected chi connectivity index (χ0v) is 22.7. The molecule has 5 nitrogen and oxygen atoms in total. The number of ketones is 1. The second-order valence-electron chi connectivity index (χ2n) is 10.1. The van der Waals surface area contributed by atoms with E-state index < -0.39 is 11.9 Å². The fourth-order valence-electron chi connectivity index (χ4n) is 4.09. The summed E-state index contributed by atoms with van der Waals surface area (Å²) in [7, 11) is 0. The number of carbonyl (C=O) groups is 2. The Kier molecular flexibility index (Phi) is 19.9. The Morgan fingerprint density at radius 2 is 1.00 bits per heavy atom. The number of Topliss-reactive ketones (excluding diaryl/α,β-unsaturated/α-hetero) is 1. The fraction of sp³-hybridized carbons (Fsp3) is 0.929. The second kappa shape index (κ2) is 20.4. The Bertz CT molecular complexity index is 477. The van der Waals surface area contributed by atoms with Crippen LogP contribution in [0.1, 0.15) is 151 Å². The van der Waals surface area contributed by atoms with Crippen LogP contribution in [0.15, 0.2) is 0 Å². The molecule has 0 radical (unpaired) electrons. The molecule has 0 aliphatic heterocycles. The van der Waals surface area contributed by atoms with Crippen LogP contribution in [0, 0.1) is 0 Å². The molecule has 0 heterocycles. The third-order valence-electron chi connectivity index (χ3n) is 5.58. The van der Waals surface area contributed by atoms with Crippen LogP contribution in [0.4, 0.5) is 0 Å². The third-order valence-corrected chi connectivity index (χ3v) is 5.58. The van der Waals surface area contributed by atoms with Gasteiger partial charge in [0.15, 0.2) is 0 Å². The first kappa shape index (κ1) is 32.1. The van der Waals surface area contributed by atoms with Crippen molar-refractivity contribution in [2.45, 2.75) is 169 Å². The number of rotatable bonds is 23. The lowest BCUT2D eigenvalue weighted by Gasteiger charge is -2.35. The Hall–Kier alpha value is -0.940. The molecule has 0 saturated heterocycles. The van der Waals surface area contributed by atoms with Crippen LogP contribution < -0.4 is 0 Å². The van der Waals surface area contributed by atoms with Crippen LogP contribution in [0.3, 0.4) is 0 Å². The monoisotopic (exact) mass is 470 g/mol. The molecule has 33 heavy (non-hydrogen) atoms. The van der Waals surface area contributed by atoms with E-state index >= 15 is 0 Å². The van der Waals surface area contributed by atoms with E-state index in [2.05, 4.69) is 6.92 Å². The van der Waals surface area contributed by atoms with E-state index in [0.717, 1.165) is 19.3 Å². The van der Waals surface area contributed by atoms with Gasteiger partial charge >= 0.3 is 11.9 Å². The van der Waals surface area contributed by atoms with Crippen molar-refractivity contribution >= 4 is 11.8 Å². The molecule has 0 bridgehead atoms. The minimum Gasteiger partial charge on any atom is -0.407 e. The van der Waals surface area contributed by atoms with Crippen molar-refractivity contribution in [2.75, 3.05) is 0 Å². The third kappa shape index (κ3) is 20.2. The van der Waals surface area contributed by atoms with Crippen molar-refractivity contribution in [2.24, 2.45) is 0 Å². The van der Waals surface area contributed by atoms with Crippen molar-refractivity contribution in [3.05, 3.63) is 0 Å². The van der Waals surface area contributed by atoms with E-state index in [4.69, 9.17) is 14.2 Å². The van der Waals surface area contributed by atoms with Gasteiger partial charge < -0.3 is 14.2 Å². The summed E-state index contributed by atoms with van der Waals surface area (Å²) in [6, 6.07) is 0. The Morgan fingerprint density at radius 1 is 0.636 bits per heavy atom. The number of hydrogen-bond acceptors (Lipinski definition) is 5. The average molecular weight is 471 g/mol. The summed E-state index contributed by atoms with van der Waals surface area (Å²) in [4.78, 5) is 23.5. The van der Waals surface area contributed by atoms with E-state index in [1.165, 1.54) is 84.0 Å². The van der Waals surface area contributed by atoms with Crippen LogP contribution in [0.25, 0.3) is 0 Å². The highest BCUT2D eigenvalue weighted by Gasteiger charge is 2.39. The number of esters is 1. The predicted octanol–water partition coefficient (Wildman–Crippen LogP) is 8.27. The molecule has 0 rings (SSSR count). The van der Waals surface area contributed by atoms with Gasteiger partial charge in [0.1, 0.15) is 12.2 Å². The summed E-state index contributed by atoms with van der Waals surface area (Å²) in [6.45, 7) is 11.2. The van der Waals surface area contributed by atoms with Crippen LogP contribution in [0.5, 0.6) is 0 Å². The molecule has 196 valence electrons. The van der Waals surface area contributed by atoms with Gasteiger partial charge in [-0.2, -0.15) is 0 Å². The van der Waals surface area contributed by atoms with E-state index in [0.29, 0.717) is 6.42 Å². The minimum absolute atomic E-state index is 0.162. The zero-order valence-electron chi connectivity index (χ0n) is 22.7. The lowest BCUT2D eigenvalue weighted by atomic mass is 10.0. The molecule has 0 atom stereocenters. The summed E-state index contributed by atoms with van der Waals surface area (Å²) in [5.41, 5.74) is 0. The molecule has 0 amide bonds. The first-order valence-electron chi connectivity index (χ1n) is 13.8. The number of carbonyl (C=O) groups excluding carboxylic acids is 2. The predicted molar refractivity (Wildman–Crippen MR) is 136 cm³/mol. The molecule has 0 spiro atoms. The first-order chi connectivity index (χ1) is 15.7. The lowest BCUT2D eigenvalue weighted by molar-refractivity contribution is -0.385. The van der Waals surface area contributed by atoms with Gasteiger partial charge in [0.05, 0.1) is 12.2 Å². The molecule has 0 aromatic carbocycles. The van der Waals surface area contributed by atoms with Crippen molar-refractivity contribution < 1.29 is 23.8 Å². The van der Waals surface area contributed by atoms with E-state index in [1.807, 2.05) is 27.7 Å². The summed E-state index contributed by atoms with van der Waals surface area (Å²) in [5.74, 6) is -2.23. The fourth-order valence-corrected chi connectivity index (χ4v) is 4.09. The largest absolute Gasteiger partial charge is 0.407 e. The average Bonchev–Trinajstić information content (AvgIpc) is 2.69. The Balaban J connectivity index is 4.13. The molecule has 0 aliphatic carbocycles. The molecule has 0 aromatic heterocycles. The molecule has 5 heteroatoms. The van der Waals surface area contributed by atoms with Crippen molar-refractivity contribution in [3.63, 3.8) is 0 Å². The maximum absolute atomic E-state index is 12.2. The Labute approximate surface area is 204 Å². The molecule has 0 aromatic rings. The number of ether oxygens (including phenoxy) is 3. The van der Waals surface area contributed by atoms with E-state index in [1.54, 1.807) is 0 Å².